The summed E-state index contributed by atoms with van der Waals surface area (Å²) in [4.78, 5) is 0.709. The molecule has 0 aliphatic rings. The van der Waals surface area contributed by atoms with E-state index in [2.05, 4.69) is 14.6 Å². The van der Waals surface area contributed by atoms with Crippen molar-refractivity contribution in [1.29, 1.82) is 0 Å². The van der Waals surface area contributed by atoms with Gasteiger partial charge in [0.25, 0.3) is 0 Å². The molecule has 0 aliphatic heterocycles. The SMILES string of the molecule is CN=S(C)(=O)c1ccc(-c2nnc(N)s2)cc1. The van der Waals surface area contributed by atoms with E-state index in [9.17, 15) is 4.21 Å². The fraction of sp³-hybridized carbons (Fsp3) is 0.200. The molecule has 0 fully saturated rings. The second kappa shape index (κ2) is 4.42. The van der Waals surface area contributed by atoms with Gasteiger partial charge in [-0.2, -0.15) is 0 Å². The van der Waals surface area contributed by atoms with Crippen LogP contribution in [0.1, 0.15) is 0 Å². The number of nitrogens with zero attached hydrogens (tertiary/aromatic N) is 3. The molecule has 0 saturated carbocycles. The highest BCUT2D eigenvalue weighted by molar-refractivity contribution is 7.93. The van der Waals surface area contributed by atoms with E-state index in [1.54, 1.807) is 25.4 Å². The Morgan fingerprint density at radius 3 is 2.41 bits per heavy atom. The lowest BCUT2D eigenvalue weighted by Gasteiger charge is -2.03. The van der Waals surface area contributed by atoms with Crippen molar-refractivity contribution < 1.29 is 4.21 Å². The summed E-state index contributed by atoms with van der Waals surface area (Å²) in [6.45, 7) is 0. The van der Waals surface area contributed by atoms with Crippen LogP contribution in [0.2, 0.25) is 0 Å². The number of aromatic nitrogens is 2. The van der Waals surface area contributed by atoms with Gasteiger partial charge in [0.15, 0.2) is 0 Å². The van der Waals surface area contributed by atoms with Gasteiger partial charge < -0.3 is 5.73 Å². The lowest BCUT2D eigenvalue weighted by molar-refractivity contribution is 0.680. The fourth-order valence-electron chi connectivity index (χ4n) is 1.31. The lowest BCUT2D eigenvalue weighted by atomic mass is 10.2. The zero-order chi connectivity index (χ0) is 12.5. The molecule has 2 N–H and O–H groups in total. The molecule has 17 heavy (non-hydrogen) atoms. The molecule has 0 saturated heterocycles. The first-order valence-corrected chi connectivity index (χ1v) is 7.56. The normalized spacial score (nSPS) is 14.2. The first-order valence-electron chi connectivity index (χ1n) is 4.82. The average Bonchev–Trinajstić information content (AvgIpc) is 2.76. The van der Waals surface area contributed by atoms with Crippen molar-refractivity contribution in [2.75, 3.05) is 19.0 Å². The standard InChI is InChI=1S/C10H12N4OS2/c1-12-17(2,15)8-5-3-7(4-6-8)9-13-14-10(11)16-9/h3-6H,1-2H3,(H2,11,14). The molecule has 90 valence electrons. The largest absolute Gasteiger partial charge is 0.374 e. The summed E-state index contributed by atoms with van der Waals surface area (Å²) >= 11 is 1.32. The van der Waals surface area contributed by atoms with E-state index in [1.165, 1.54) is 11.3 Å². The topological polar surface area (TPSA) is 81.2 Å². The van der Waals surface area contributed by atoms with Gasteiger partial charge in [-0.15, -0.1) is 10.2 Å². The minimum atomic E-state index is -2.27. The summed E-state index contributed by atoms with van der Waals surface area (Å²) in [6, 6.07) is 7.29. The fourth-order valence-corrected chi connectivity index (χ4v) is 2.77. The first kappa shape index (κ1) is 12.0. The van der Waals surface area contributed by atoms with Crippen LogP contribution in [-0.4, -0.2) is 27.7 Å². The quantitative estimate of drug-likeness (QED) is 0.901. The van der Waals surface area contributed by atoms with Crippen LogP contribution in [0.15, 0.2) is 33.5 Å². The summed E-state index contributed by atoms with van der Waals surface area (Å²) in [7, 11) is -0.717. The monoisotopic (exact) mass is 268 g/mol. The third kappa shape index (κ3) is 2.45. The minimum absolute atomic E-state index is 0.437. The lowest BCUT2D eigenvalue weighted by Crippen LogP contribution is -1.96. The van der Waals surface area contributed by atoms with Gasteiger partial charge in [-0.1, -0.05) is 23.5 Å². The summed E-state index contributed by atoms with van der Waals surface area (Å²) in [5.74, 6) is 0. The zero-order valence-corrected chi connectivity index (χ0v) is 11.1. The number of nitrogens with two attached hydrogens (primary N) is 1. The Morgan fingerprint density at radius 2 is 1.94 bits per heavy atom. The molecule has 0 amide bonds. The van der Waals surface area contributed by atoms with Gasteiger partial charge in [0.1, 0.15) is 5.01 Å². The van der Waals surface area contributed by atoms with Crippen LogP contribution in [-0.2, 0) is 9.73 Å². The van der Waals surface area contributed by atoms with Crippen molar-refractivity contribution in [3.8, 4) is 10.6 Å². The number of rotatable bonds is 2. The molecule has 1 aromatic carbocycles. The molecule has 0 radical (unpaired) electrons. The maximum Gasteiger partial charge on any atom is 0.203 e. The number of benzene rings is 1. The summed E-state index contributed by atoms with van der Waals surface area (Å²) < 4.78 is 15.9. The summed E-state index contributed by atoms with van der Waals surface area (Å²) in [6.07, 6.45) is 1.62. The van der Waals surface area contributed by atoms with Crippen molar-refractivity contribution >= 4 is 26.2 Å². The molecule has 2 rings (SSSR count). The third-order valence-electron chi connectivity index (χ3n) is 2.33. The van der Waals surface area contributed by atoms with Gasteiger partial charge in [0.2, 0.25) is 5.13 Å². The van der Waals surface area contributed by atoms with E-state index >= 15 is 0 Å². The van der Waals surface area contributed by atoms with Crippen LogP contribution in [0.4, 0.5) is 5.13 Å². The van der Waals surface area contributed by atoms with E-state index in [-0.39, 0.29) is 0 Å². The van der Waals surface area contributed by atoms with E-state index in [4.69, 9.17) is 5.73 Å². The molecule has 5 nitrogen and oxygen atoms in total. The third-order valence-corrected chi connectivity index (χ3v) is 4.97. The van der Waals surface area contributed by atoms with Gasteiger partial charge in [-0.3, -0.25) is 0 Å². The Bertz CT molecular complexity index is 639. The van der Waals surface area contributed by atoms with Crippen molar-refractivity contribution in [2.45, 2.75) is 4.90 Å². The molecule has 2 aromatic rings. The first-order chi connectivity index (χ1) is 8.03. The van der Waals surface area contributed by atoms with E-state index < -0.39 is 9.73 Å². The Labute approximate surface area is 104 Å². The van der Waals surface area contributed by atoms with E-state index in [0.717, 1.165) is 10.6 Å². The smallest absolute Gasteiger partial charge is 0.203 e. The van der Waals surface area contributed by atoms with Gasteiger partial charge in [0, 0.05) is 23.8 Å². The van der Waals surface area contributed by atoms with Crippen LogP contribution in [0.5, 0.6) is 0 Å². The average molecular weight is 268 g/mol. The van der Waals surface area contributed by atoms with Crippen LogP contribution < -0.4 is 5.73 Å². The number of nitrogen functional groups attached to an aromatic ring is 1. The second-order valence-electron chi connectivity index (χ2n) is 3.45. The molecule has 0 aliphatic carbocycles. The highest BCUT2D eigenvalue weighted by atomic mass is 32.2. The number of anilines is 1. The summed E-state index contributed by atoms with van der Waals surface area (Å²) in [5.41, 5.74) is 6.43. The predicted molar refractivity (Wildman–Crippen MR) is 70.4 cm³/mol. The molecular weight excluding hydrogens is 256 g/mol. The predicted octanol–water partition coefficient (Wildman–Crippen LogP) is 1.87. The van der Waals surface area contributed by atoms with Crippen molar-refractivity contribution in [1.82, 2.24) is 10.2 Å². The molecule has 1 aromatic heterocycles. The Hall–Kier alpha value is -1.47. The molecule has 0 bridgehead atoms. The molecule has 1 heterocycles. The summed E-state index contributed by atoms with van der Waals surface area (Å²) in [5, 5.41) is 8.89. The van der Waals surface area contributed by atoms with E-state index in [1.807, 2.05) is 12.1 Å². The van der Waals surface area contributed by atoms with Gasteiger partial charge in [-0.25, -0.2) is 8.57 Å². The molecule has 1 unspecified atom stereocenters. The Morgan fingerprint density at radius 1 is 1.29 bits per heavy atom. The van der Waals surface area contributed by atoms with Gasteiger partial charge in [-0.05, 0) is 12.1 Å². The van der Waals surface area contributed by atoms with E-state index in [0.29, 0.717) is 10.0 Å². The maximum absolute atomic E-state index is 12.0. The van der Waals surface area contributed by atoms with Crippen LogP contribution in [0.25, 0.3) is 10.6 Å². The molecule has 0 spiro atoms. The van der Waals surface area contributed by atoms with Crippen LogP contribution >= 0.6 is 11.3 Å². The van der Waals surface area contributed by atoms with Crippen molar-refractivity contribution in [3.05, 3.63) is 24.3 Å². The highest BCUT2D eigenvalue weighted by Crippen LogP contribution is 2.25. The second-order valence-corrected chi connectivity index (χ2v) is 6.91. The Balaban J connectivity index is 2.41. The van der Waals surface area contributed by atoms with Crippen molar-refractivity contribution in [2.24, 2.45) is 4.36 Å². The minimum Gasteiger partial charge on any atom is -0.374 e. The van der Waals surface area contributed by atoms with Crippen LogP contribution in [0.3, 0.4) is 0 Å². The van der Waals surface area contributed by atoms with Gasteiger partial charge in [0.05, 0.1) is 9.73 Å². The number of hydrogen-bond donors (Lipinski definition) is 1. The highest BCUT2D eigenvalue weighted by Gasteiger charge is 2.07. The Kier molecular flexibility index (Phi) is 3.12. The van der Waals surface area contributed by atoms with Crippen LogP contribution in [0, 0.1) is 0 Å². The molecule has 7 heteroatoms. The maximum atomic E-state index is 12.0. The number of hydrogen-bond acceptors (Lipinski definition) is 6. The van der Waals surface area contributed by atoms with Crippen molar-refractivity contribution in [3.63, 3.8) is 0 Å². The molecular formula is C10H12N4OS2. The molecule has 1 atom stereocenters. The van der Waals surface area contributed by atoms with Gasteiger partial charge >= 0.3 is 0 Å². The zero-order valence-electron chi connectivity index (χ0n) is 9.45.